The van der Waals surface area contributed by atoms with Gasteiger partial charge in [0.15, 0.2) is 12.4 Å². The van der Waals surface area contributed by atoms with Gasteiger partial charge in [0.25, 0.3) is 0 Å². The molecule has 0 spiro atoms. The highest BCUT2D eigenvalue weighted by atomic mass is 16.5. The van der Waals surface area contributed by atoms with Gasteiger partial charge in [0.05, 0.1) is 0 Å². The van der Waals surface area contributed by atoms with E-state index in [0.29, 0.717) is 17.9 Å². The fraction of sp³-hybridized carbons (Fsp3) is 0.429. The molecule has 18 heavy (non-hydrogen) atoms. The molecule has 0 unspecified atom stereocenters. The van der Waals surface area contributed by atoms with Crippen LogP contribution in [0, 0.1) is 5.92 Å². The molecule has 0 fully saturated rings. The molecular formula is C14H19NO3. The van der Waals surface area contributed by atoms with Crippen molar-refractivity contribution in [3.8, 4) is 0 Å². The molecule has 98 valence electrons. The third kappa shape index (κ3) is 4.67. The minimum Gasteiger partial charge on any atom is -0.456 e. The quantitative estimate of drug-likeness (QED) is 0.616. The van der Waals surface area contributed by atoms with Crippen LogP contribution in [0.5, 0.6) is 0 Å². The highest BCUT2D eigenvalue weighted by Crippen LogP contribution is 2.05. The van der Waals surface area contributed by atoms with E-state index in [4.69, 9.17) is 10.5 Å². The zero-order valence-electron chi connectivity index (χ0n) is 10.8. The maximum absolute atomic E-state index is 11.7. The molecule has 0 saturated carbocycles. The first kappa shape index (κ1) is 14.4. The Bertz CT molecular complexity index is 401. The van der Waals surface area contributed by atoms with Crippen LogP contribution in [-0.4, -0.2) is 24.4 Å². The van der Waals surface area contributed by atoms with E-state index in [9.17, 15) is 9.59 Å². The summed E-state index contributed by atoms with van der Waals surface area (Å²) >= 11 is 0. The molecule has 0 aromatic heterocycles. The Morgan fingerprint density at radius 2 is 1.83 bits per heavy atom. The molecule has 0 saturated heterocycles. The van der Waals surface area contributed by atoms with Gasteiger partial charge in [-0.2, -0.15) is 0 Å². The fourth-order valence-corrected chi connectivity index (χ4v) is 1.56. The predicted octanol–water partition coefficient (Wildman–Crippen LogP) is 1.79. The summed E-state index contributed by atoms with van der Waals surface area (Å²) in [7, 11) is 0. The van der Waals surface area contributed by atoms with Crippen LogP contribution in [0.3, 0.4) is 0 Å². The van der Waals surface area contributed by atoms with E-state index in [-0.39, 0.29) is 12.4 Å². The van der Waals surface area contributed by atoms with Gasteiger partial charge in [-0.25, -0.2) is 0 Å². The number of ketones is 1. The largest absolute Gasteiger partial charge is 0.456 e. The molecule has 1 aromatic carbocycles. The summed E-state index contributed by atoms with van der Waals surface area (Å²) in [6.07, 6.45) is 0.554. The zero-order chi connectivity index (χ0) is 13.5. The lowest BCUT2D eigenvalue weighted by atomic mass is 10.1. The van der Waals surface area contributed by atoms with Crippen molar-refractivity contribution < 1.29 is 14.3 Å². The average molecular weight is 249 g/mol. The number of carbonyl (C=O) groups excluding carboxylic acids is 2. The monoisotopic (exact) mass is 249 g/mol. The lowest BCUT2D eigenvalue weighted by molar-refractivity contribution is -0.144. The third-order valence-corrected chi connectivity index (χ3v) is 2.47. The van der Waals surface area contributed by atoms with Gasteiger partial charge in [-0.05, 0) is 12.3 Å². The average Bonchev–Trinajstić information content (AvgIpc) is 2.35. The number of Topliss-reactive ketones (excluding diaryl/α,β-unsaturated/α-hetero) is 1. The molecule has 2 N–H and O–H groups in total. The smallest absolute Gasteiger partial charge is 0.323 e. The van der Waals surface area contributed by atoms with Gasteiger partial charge in [0.2, 0.25) is 0 Å². The van der Waals surface area contributed by atoms with Gasteiger partial charge >= 0.3 is 5.97 Å². The Kier molecular flexibility index (Phi) is 5.52. The summed E-state index contributed by atoms with van der Waals surface area (Å²) in [6, 6.07) is 8.06. The maximum atomic E-state index is 11.7. The third-order valence-electron chi connectivity index (χ3n) is 2.47. The van der Waals surface area contributed by atoms with Crippen molar-refractivity contribution in [1.82, 2.24) is 0 Å². The summed E-state index contributed by atoms with van der Waals surface area (Å²) < 4.78 is 4.91. The van der Waals surface area contributed by atoms with E-state index in [1.54, 1.807) is 24.3 Å². The Balaban J connectivity index is 2.41. The summed E-state index contributed by atoms with van der Waals surface area (Å²) in [6.45, 7) is 3.69. The second kappa shape index (κ2) is 6.91. The minimum atomic E-state index is -0.659. The number of esters is 1. The standard InChI is InChI=1S/C14H19NO3/c1-10(2)8-12(15)14(17)18-9-13(16)11-6-4-3-5-7-11/h3-7,10,12H,8-9,15H2,1-2H3/t12-/m0/s1. The summed E-state index contributed by atoms with van der Waals surface area (Å²) in [5.41, 5.74) is 6.19. The number of benzene rings is 1. The first-order valence-corrected chi connectivity index (χ1v) is 6.01. The molecule has 4 nitrogen and oxygen atoms in total. The molecule has 0 heterocycles. The van der Waals surface area contributed by atoms with Crippen LogP contribution in [0.1, 0.15) is 30.6 Å². The summed E-state index contributed by atoms with van der Waals surface area (Å²) in [4.78, 5) is 23.2. The van der Waals surface area contributed by atoms with E-state index in [1.165, 1.54) is 0 Å². The Labute approximate surface area is 107 Å². The summed E-state index contributed by atoms with van der Waals surface area (Å²) in [5, 5.41) is 0. The zero-order valence-corrected chi connectivity index (χ0v) is 10.8. The molecule has 4 heteroatoms. The van der Waals surface area contributed by atoms with E-state index in [1.807, 2.05) is 19.9 Å². The predicted molar refractivity (Wildman–Crippen MR) is 69.2 cm³/mol. The molecule has 1 atom stereocenters. The van der Waals surface area contributed by atoms with Crippen molar-refractivity contribution in [2.75, 3.05) is 6.61 Å². The maximum Gasteiger partial charge on any atom is 0.323 e. The molecule has 0 bridgehead atoms. The number of hydrogen-bond donors (Lipinski definition) is 1. The van der Waals surface area contributed by atoms with Gasteiger partial charge in [-0.3, -0.25) is 9.59 Å². The van der Waals surface area contributed by atoms with Gasteiger partial charge < -0.3 is 10.5 Å². The lowest BCUT2D eigenvalue weighted by Crippen LogP contribution is -2.34. The summed E-state index contributed by atoms with van der Waals surface area (Å²) in [5.74, 6) is -0.425. The minimum absolute atomic E-state index is 0.222. The molecule has 0 radical (unpaired) electrons. The van der Waals surface area contributed by atoms with Crippen molar-refractivity contribution in [3.63, 3.8) is 0 Å². The van der Waals surface area contributed by atoms with Crippen molar-refractivity contribution >= 4 is 11.8 Å². The van der Waals surface area contributed by atoms with E-state index < -0.39 is 12.0 Å². The second-order valence-corrected chi connectivity index (χ2v) is 4.63. The SMILES string of the molecule is CC(C)C[C@H](N)C(=O)OCC(=O)c1ccccc1. The topological polar surface area (TPSA) is 69.4 Å². The fourth-order valence-electron chi connectivity index (χ4n) is 1.56. The second-order valence-electron chi connectivity index (χ2n) is 4.63. The van der Waals surface area contributed by atoms with E-state index in [0.717, 1.165) is 0 Å². The van der Waals surface area contributed by atoms with Crippen LogP contribution in [0.4, 0.5) is 0 Å². The molecule has 1 aromatic rings. The van der Waals surface area contributed by atoms with Gasteiger partial charge in [0, 0.05) is 5.56 Å². The van der Waals surface area contributed by atoms with Crippen molar-refractivity contribution in [2.45, 2.75) is 26.3 Å². The highest BCUT2D eigenvalue weighted by molar-refractivity contribution is 5.98. The molecule has 0 aliphatic carbocycles. The van der Waals surface area contributed by atoms with Crippen LogP contribution < -0.4 is 5.73 Å². The Hall–Kier alpha value is -1.68. The molecular weight excluding hydrogens is 230 g/mol. The van der Waals surface area contributed by atoms with E-state index in [2.05, 4.69) is 0 Å². The number of carbonyl (C=O) groups is 2. The van der Waals surface area contributed by atoms with Gasteiger partial charge in [-0.1, -0.05) is 44.2 Å². The first-order chi connectivity index (χ1) is 8.50. The van der Waals surface area contributed by atoms with Gasteiger partial charge in [0.1, 0.15) is 6.04 Å². The Morgan fingerprint density at radius 1 is 1.22 bits per heavy atom. The number of rotatable bonds is 6. The molecule has 1 rings (SSSR count). The number of ether oxygens (including phenoxy) is 1. The Morgan fingerprint density at radius 3 is 2.39 bits per heavy atom. The van der Waals surface area contributed by atoms with E-state index >= 15 is 0 Å². The van der Waals surface area contributed by atoms with Gasteiger partial charge in [-0.15, -0.1) is 0 Å². The van der Waals surface area contributed by atoms with Crippen molar-refractivity contribution in [2.24, 2.45) is 11.7 Å². The molecule has 0 aliphatic rings. The van der Waals surface area contributed by atoms with Crippen LogP contribution in [0.2, 0.25) is 0 Å². The van der Waals surface area contributed by atoms with Crippen molar-refractivity contribution in [3.05, 3.63) is 35.9 Å². The van der Waals surface area contributed by atoms with Crippen LogP contribution in [-0.2, 0) is 9.53 Å². The van der Waals surface area contributed by atoms with Crippen LogP contribution >= 0.6 is 0 Å². The number of hydrogen-bond acceptors (Lipinski definition) is 4. The number of nitrogens with two attached hydrogens (primary N) is 1. The van der Waals surface area contributed by atoms with Crippen LogP contribution in [0.25, 0.3) is 0 Å². The highest BCUT2D eigenvalue weighted by Gasteiger charge is 2.17. The normalized spacial score (nSPS) is 12.2. The molecule has 0 aliphatic heterocycles. The first-order valence-electron chi connectivity index (χ1n) is 6.01. The van der Waals surface area contributed by atoms with Crippen molar-refractivity contribution in [1.29, 1.82) is 0 Å². The molecule has 0 amide bonds. The van der Waals surface area contributed by atoms with Crippen LogP contribution in [0.15, 0.2) is 30.3 Å². The lowest BCUT2D eigenvalue weighted by Gasteiger charge is -2.12.